The number of hydrogen-bond donors (Lipinski definition) is 3. The molecule has 4 heteroatoms. The number of carboxylic acid groups (broad SMARTS) is 1. The van der Waals surface area contributed by atoms with Crippen LogP contribution in [0.5, 0.6) is 0 Å². The summed E-state index contributed by atoms with van der Waals surface area (Å²) in [5, 5.41) is 29.3. The first-order valence-electron chi connectivity index (χ1n) is 9.45. The number of fused-ring (bicyclic) bond motifs is 1. The molecule has 0 bridgehead atoms. The Labute approximate surface area is 156 Å². The highest BCUT2D eigenvalue weighted by atomic mass is 16.4. The third-order valence-electron chi connectivity index (χ3n) is 5.47. The van der Waals surface area contributed by atoms with Crippen molar-refractivity contribution in [2.75, 3.05) is 0 Å². The van der Waals surface area contributed by atoms with Crippen molar-refractivity contribution in [3.63, 3.8) is 0 Å². The van der Waals surface area contributed by atoms with Gasteiger partial charge < -0.3 is 15.3 Å². The highest BCUT2D eigenvalue weighted by Crippen LogP contribution is 2.47. The van der Waals surface area contributed by atoms with E-state index in [0.29, 0.717) is 24.7 Å². The molecule has 0 amide bonds. The van der Waals surface area contributed by atoms with E-state index in [1.807, 2.05) is 31.2 Å². The number of carboxylic acids is 1. The molecule has 26 heavy (non-hydrogen) atoms. The van der Waals surface area contributed by atoms with Crippen LogP contribution in [-0.4, -0.2) is 33.5 Å². The van der Waals surface area contributed by atoms with Gasteiger partial charge in [0, 0.05) is 18.8 Å². The van der Waals surface area contributed by atoms with Crippen LogP contribution >= 0.6 is 0 Å². The van der Waals surface area contributed by atoms with Gasteiger partial charge in [-0.25, -0.2) is 0 Å². The van der Waals surface area contributed by atoms with E-state index in [1.54, 1.807) is 6.92 Å². The lowest BCUT2D eigenvalue weighted by Gasteiger charge is -2.19. The number of rotatable bonds is 8. The second kappa shape index (κ2) is 9.75. The van der Waals surface area contributed by atoms with E-state index in [2.05, 4.69) is 17.9 Å². The maximum atomic E-state index is 10.6. The van der Waals surface area contributed by atoms with Crippen LogP contribution in [0.3, 0.4) is 0 Å². The zero-order chi connectivity index (χ0) is 19.1. The summed E-state index contributed by atoms with van der Waals surface area (Å²) in [6.07, 6.45) is 12.0. The summed E-state index contributed by atoms with van der Waals surface area (Å²) in [6, 6.07) is 0. The molecular formula is C22H30O4. The monoisotopic (exact) mass is 358 g/mol. The van der Waals surface area contributed by atoms with Crippen molar-refractivity contribution >= 4 is 5.97 Å². The molecule has 0 aromatic heterocycles. The maximum Gasteiger partial charge on any atom is 0.303 e. The Morgan fingerprint density at radius 3 is 2.92 bits per heavy atom. The number of aliphatic hydroxyl groups is 2. The average Bonchev–Trinajstić information content (AvgIpc) is 3.10. The molecular weight excluding hydrogens is 328 g/mol. The van der Waals surface area contributed by atoms with Gasteiger partial charge in [0.2, 0.25) is 0 Å². The lowest BCUT2D eigenvalue weighted by molar-refractivity contribution is -0.136. The van der Waals surface area contributed by atoms with Gasteiger partial charge in [-0.3, -0.25) is 4.79 Å². The van der Waals surface area contributed by atoms with Crippen molar-refractivity contribution in [2.45, 2.75) is 58.2 Å². The van der Waals surface area contributed by atoms with Gasteiger partial charge in [-0.05, 0) is 43.9 Å². The van der Waals surface area contributed by atoms with Gasteiger partial charge in [0.25, 0.3) is 0 Å². The third-order valence-corrected chi connectivity index (χ3v) is 5.47. The molecule has 1 saturated carbocycles. The standard InChI is InChI=1S/C22H30O4/c1-3-4-7-15(2)20(23)11-10-18-19-13-16(8-5-6-9-22(25)26)12-17(19)14-21(18)24/h5,8,10-12,15,17-21,23-24H,6-7,9,13-14H2,1-2H3,(H,25,26)/b8-5+,11-10+/t15?,17-,18+,19-,20+,21+/m0/s1. The molecule has 1 fully saturated rings. The zero-order valence-corrected chi connectivity index (χ0v) is 15.6. The van der Waals surface area contributed by atoms with Crippen LogP contribution in [0, 0.1) is 35.5 Å². The molecule has 2 rings (SSSR count). The number of aliphatic carboxylic acids is 1. The van der Waals surface area contributed by atoms with Gasteiger partial charge in [-0.2, -0.15) is 0 Å². The topological polar surface area (TPSA) is 77.8 Å². The van der Waals surface area contributed by atoms with Crippen LogP contribution in [0.4, 0.5) is 0 Å². The minimum absolute atomic E-state index is 0.0558. The SMILES string of the molecule is CC#CCC(C)[C@H](O)/C=C/[C@@H]1[C@H]2CC(/C=C/CCC(=O)O)=C[C@H]2C[C@H]1O. The van der Waals surface area contributed by atoms with Crippen molar-refractivity contribution < 1.29 is 20.1 Å². The first-order chi connectivity index (χ1) is 12.4. The Kier molecular flexibility index (Phi) is 7.68. The van der Waals surface area contributed by atoms with E-state index in [4.69, 9.17) is 5.11 Å². The van der Waals surface area contributed by atoms with E-state index >= 15 is 0 Å². The fraction of sp³-hybridized carbons (Fsp3) is 0.591. The predicted molar refractivity (Wildman–Crippen MR) is 102 cm³/mol. The van der Waals surface area contributed by atoms with E-state index in [9.17, 15) is 15.0 Å². The molecule has 4 nitrogen and oxygen atoms in total. The number of carbonyl (C=O) groups is 1. The molecule has 0 aromatic rings. The number of aliphatic hydroxyl groups excluding tert-OH is 2. The molecule has 0 radical (unpaired) electrons. The van der Waals surface area contributed by atoms with Gasteiger partial charge in [-0.1, -0.05) is 42.9 Å². The summed E-state index contributed by atoms with van der Waals surface area (Å²) < 4.78 is 0. The minimum atomic E-state index is -0.780. The number of hydrogen-bond acceptors (Lipinski definition) is 3. The van der Waals surface area contributed by atoms with Crippen molar-refractivity contribution in [3.8, 4) is 11.8 Å². The highest BCUT2D eigenvalue weighted by molar-refractivity contribution is 5.66. The summed E-state index contributed by atoms with van der Waals surface area (Å²) in [5.74, 6) is 5.91. The van der Waals surface area contributed by atoms with Crippen molar-refractivity contribution in [1.82, 2.24) is 0 Å². The van der Waals surface area contributed by atoms with E-state index in [1.165, 1.54) is 5.57 Å². The van der Waals surface area contributed by atoms with Crippen LogP contribution in [0.25, 0.3) is 0 Å². The largest absolute Gasteiger partial charge is 0.481 e. The Balaban J connectivity index is 1.91. The normalized spacial score (nSPS) is 30.1. The second-order valence-electron chi connectivity index (χ2n) is 7.47. The minimum Gasteiger partial charge on any atom is -0.481 e. The van der Waals surface area contributed by atoms with Gasteiger partial charge >= 0.3 is 5.97 Å². The molecule has 0 aliphatic heterocycles. The quantitative estimate of drug-likeness (QED) is 0.459. The van der Waals surface area contributed by atoms with Crippen molar-refractivity contribution in [2.24, 2.45) is 23.7 Å². The Morgan fingerprint density at radius 1 is 1.46 bits per heavy atom. The summed E-state index contributed by atoms with van der Waals surface area (Å²) >= 11 is 0. The van der Waals surface area contributed by atoms with E-state index < -0.39 is 12.1 Å². The molecule has 0 spiro atoms. The van der Waals surface area contributed by atoms with E-state index in [0.717, 1.165) is 12.8 Å². The third kappa shape index (κ3) is 5.59. The first kappa shape index (κ1) is 20.5. The Hall–Kier alpha value is -1.83. The molecule has 3 N–H and O–H groups in total. The van der Waals surface area contributed by atoms with Gasteiger partial charge in [0.1, 0.15) is 0 Å². The first-order valence-corrected chi connectivity index (χ1v) is 9.45. The highest BCUT2D eigenvalue weighted by Gasteiger charge is 2.43. The van der Waals surface area contributed by atoms with Gasteiger partial charge in [0.05, 0.1) is 12.2 Å². The van der Waals surface area contributed by atoms with Crippen LogP contribution in [0.2, 0.25) is 0 Å². The van der Waals surface area contributed by atoms with Crippen LogP contribution in [-0.2, 0) is 4.79 Å². The summed E-state index contributed by atoms with van der Waals surface area (Å²) in [4.78, 5) is 10.6. The summed E-state index contributed by atoms with van der Waals surface area (Å²) in [6.45, 7) is 3.77. The molecule has 142 valence electrons. The van der Waals surface area contributed by atoms with E-state index in [-0.39, 0.29) is 24.4 Å². The number of allylic oxidation sites excluding steroid dienone is 4. The lowest BCUT2D eigenvalue weighted by atomic mass is 9.88. The Bertz CT molecular complexity index is 634. The summed E-state index contributed by atoms with van der Waals surface area (Å²) in [7, 11) is 0. The maximum absolute atomic E-state index is 10.6. The predicted octanol–water partition coefficient (Wildman–Crippen LogP) is 3.32. The van der Waals surface area contributed by atoms with Crippen molar-refractivity contribution in [1.29, 1.82) is 0 Å². The van der Waals surface area contributed by atoms with Crippen LogP contribution in [0.15, 0.2) is 36.0 Å². The average molecular weight is 358 g/mol. The molecule has 2 aliphatic rings. The molecule has 0 saturated heterocycles. The summed E-state index contributed by atoms with van der Waals surface area (Å²) in [5.41, 5.74) is 1.22. The Morgan fingerprint density at radius 2 is 2.23 bits per heavy atom. The van der Waals surface area contributed by atoms with Crippen molar-refractivity contribution in [3.05, 3.63) is 36.0 Å². The van der Waals surface area contributed by atoms with Gasteiger partial charge in [0.15, 0.2) is 0 Å². The molecule has 2 aliphatic carbocycles. The van der Waals surface area contributed by atoms with Gasteiger partial charge in [-0.15, -0.1) is 11.8 Å². The zero-order valence-electron chi connectivity index (χ0n) is 15.6. The molecule has 0 aromatic carbocycles. The molecule has 1 unspecified atom stereocenters. The van der Waals surface area contributed by atoms with Crippen LogP contribution < -0.4 is 0 Å². The van der Waals surface area contributed by atoms with Crippen LogP contribution in [0.1, 0.15) is 46.0 Å². The smallest absolute Gasteiger partial charge is 0.303 e. The molecule has 6 atom stereocenters. The second-order valence-corrected chi connectivity index (χ2v) is 7.47. The molecule has 0 heterocycles. The lowest BCUT2D eigenvalue weighted by Crippen LogP contribution is -2.19. The fourth-order valence-electron chi connectivity index (χ4n) is 3.93. The fourth-order valence-corrected chi connectivity index (χ4v) is 3.93.